The van der Waals surface area contributed by atoms with E-state index in [9.17, 15) is 4.39 Å². The molecule has 0 unspecified atom stereocenters. The molecule has 1 aliphatic heterocycles. The Labute approximate surface area is 169 Å². The van der Waals surface area contributed by atoms with Gasteiger partial charge in [-0.25, -0.2) is 9.07 Å². The highest BCUT2D eigenvalue weighted by atomic mass is 35.5. The highest BCUT2D eigenvalue weighted by Crippen LogP contribution is 2.32. The molecular weight excluding hydrogens is 377 g/mol. The van der Waals surface area contributed by atoms with Crippen LogP contribution in [0.1, 0.15) is 42.8 Å². The van der Waals surface area contributed by atoms with Crippen LogP contribution in [0, 0.1) is 11.7 Å². The van der Waals surface area contributed by atoms with E-state index >= 15 is 0 Å². The van der Waals surface area contributed by atoms with E-state index < -0.39 is 0 Å². The Morgan fingerprint density at radius 3 is 2.43 bits per heavy atom. The topological polar surface area (TPSA) is 46.8 Å². The summed E-state index contributed by atoms with van der Waals surface area (Å²) >= 11 is 6.11. The van der Waals surface area contributed by atoms with Crippen LogP contribution in [0.25, 0.3) is 0 Å². The van der Waals surface area contributed by atoms with E-state index in [1.165, 1.54) is 12.1 Å². The molecule has 5 nitrogen and oxygen atoms in total. The molecule has 28 heavy (non-hydrogen) atoms. The molecular formula is C21H23ClFN5. The van der Waals surface area contributed by atoms with Gasteiger partial charge < -0.3 is 0 Å². The number of rotatable bonds is 5. The smallest absolute Gasteiger partial charge is 0.173 e. The number of tetrazole rings is 1. The van der Waals surface area contributed by atoms with Crippen molar-refractivity contribution in [2.45, 2.75) is 32.4 Å². The lowest BCUT2D eigenvalue weighted by atomic mass is 9.95. The van der Waals surface area contributed by atoms with Crippen LogP contribution in [-0.4, -0.2) is 38.2 Å². The van der Waals surface area contributed by atoms with Crippen LogP contribution in [0.15, 0.2) is 48.5 Å². The van der Waals surface area contributed by atoms with E-state index in [2.05, 4.69) is 27.3 Å². The quantitative estimate of drug-likeness (QED) is 0.640. The van der Waals surface area contributed by atoms with Crippen LogP contribution in [0.4, 0.5) is 4.39 Å². The molecule has 0 spiro atoms. The number of likely N-dealkylation sites (tertiary alicyclic amines) is 1. The third kappa shape index (κ3) is 4.23. The first-order chi connectivity index (χ1) is 13.6. The zero-order valence-corrected chi connectivity index (χ0v) is 16.6. The molecule has 1 aromatic heterocycles. The average Bonchev–Trinajstić information content (AvgIpc) is 3.14. The summed E-state index contributed by atoms with van der Waals surface area (Å²) in [6.45, 7) is 4.79. The first kappa shape index (κ1) is 19.0. The van der Waals surface area contributed by atoms with E-state index in [4.69, 9.17) is 11.6 Å². The summed E-state index contributed by atoms with van der Waals surface area (Å²) in [5.41, 5.74) is 2.08. The Bertz CT molecular complexity index is 901. The first-order valence-electron chi connectivity index (χ1n) is 9.60. The van der Waals surface area contributed by atoms with E-state index in [1.54, 1.807) is 12.1 Å². The lowest BCUT2D eigenvalue weighted by Crippen LogP contribution is -2.38. The molecule has 0 amide bonds. The number of halogens is 2. The Balaban J connectivity index is 1.67. The Morgan fingerprint density at radius 2 is 1.75 bits per heavy atom. The summed E-state index contributed by atoms with van der Waals surface area (Å²) < 4.78 is 15.0. The minimum absolute atomic E-state index is 0.0415. The maximum Gasteiger partial charge on any atom is 0.173 e. The monoisotopic (exact) mass is 399 g/mol. The zero-order valence-electron chi connectivity index (χ0n) is 15.8. The number of aromatic nitrogens is 4. The van der Waals surface area contributed by atoms with Crippen molar-refractivity contribution in [3.05, 3.63) is 76.3 Å². The molecule has 2 aromatic carbocycles. The summed E-state index contributed by atoms with van der Waals surface area (Å²) in [6.07, 6.45) is 2.31. The van der Waals surface area contributed by atoms with Crippen molar-refractivity contribution < 1.29 is 4.39 Å². The van der Waals surface area contributed by atoms with Gasteiger partial charge in [-0.15, -0.1) is 5.10 Å². The molecule has 1 saturated heterocycles. The van der Waals surface area contributed by atoms with Gasteiger partial charge in [-0.2, -0.15) is 0 Å². The fourth-order valence-corrected chi connectivity index (χ4v) is 3.86. The third-order valence-corrected chi connectivity index (χ3v) is 5.67. The summed E-state index contributed by atoms with van der Waals surface area (Å²) in [5.74, 6) is 1.28. The standard InChI is InChI=1S/C21H23ClFN5/c1-15-10-12-27(13-11-15)20(17-4-6-18(22)7-5-17)21-24-25-26-28(21)14-16-2-8-19(23)9-3-16/h2-9,15,20H,10-14H2,1H3/t20-/m0/s1. The molecule has 1 fully saturated rings. The van der Waals surface area contributed by atoms with Gasteiger partial charge in [0.25, 0.3) is 0 Å². The van der Waals surface area contributed by atoms with Gasteiger partial charge in [0.05, 0.1) is 12.6 Å². The Hall–Kier alpha value is -2.31. The van der Waals surface area contributed by atoms with E-state index in [1.807, 2.05) is 28.9 Å². The number of hydrogen-bond donors (Lipinski definition) is 0. The molecule has 0 aliphatic carbocycles. The van der Waals surface area contributed by atoms with Gasteiger partial charge in [0.15, 0.2) is 5.82 Å². The fraction of sp³-hybridized carbons (Fsp3) is 0.381. The van der Waals surface area contributed by atoms with Crippen molar-refractivity contribution in [2.75, 3.05) is 13.1 Å². The first-order valence-corrected chi connectivity index (χ1v) is 9.98. The van der Waals surface area contributed by atoms with E-state index in [0.29, 0.717) is 11.6 Å². The lowest BCUT2D eigenvalue weighted by Gasteiger charge is -2.36. The summed E-state index contributed by atoms with van der Waals surface area (Å²) in [5, 5.41) is 13.2. The van der Waals surface area contributed by atoms with Crippen molar-refractivity contribution in [1.29, 1.82) is 0 Å². The summed E-state index contributed by atoms with van der Waals surface area (Å²) in [4.78, 5) is 2.44. The Morgan fingerprint density at radius 1 is 1.07 bits per heavy atom. The Kier molecular flexibility index (Phi) is 5.69. The van der Waals surface area contributed by atoms with Crippen LogP contribution in [-0.2, 0) is 6.54 Å². The SMILES string of the molecule is CC1CCN([C@@H](c2ccc(Cl)cc2)c2nnnn2Cc2ccc(F)cc2)CC1. The molecule has 3 aromatic rings. The zero-order chi connectivity index (χ0) is 19.5. The van der Waals surface area contributed by atoms with Crippen molar-refractivity contribution in [3.8, 4) is 0 Å². The van der Waals surface area contributed by atoms with Gasteiger partial charge in [0, 0.05) is 5.02 Å². The van der Waals surface area contributed by atoms with E-state index in [-0.39, 0.29) is 11.9 Å². The predicted octanol–water partition coefficient (Wildman–Crippen LogP) is 4.34. The summed E-state index contributed by atoms with van der Waals surface area (Å²) in [7, 11) is 0. The molecule has 1 aliphatic rings. The maximum absolute atomic E-state index is 13.2. The van der Waals surface area contributed by atoms with Crippen LogP contribution in [0.3, 0.4) is 0 Å². The summed E-state index contributed by atoms with van der Waals surface area (Å²) in [6, 6.07) is 14.3. The highest BCUT2D eigenvalue weighted by Gasteiger charge is 2.30. The second kappa shape index (κ2) is 8.37. The molecule has 0 radical (unpaired) electrons. The highest BCUT2D eigenvalue weighted by molar-refractivity contribution is 6.30. The van der Waals surface area contributed by atoms with Crippen molar-refractivity contribution >= 4 is 11.6 Å². The number of hydrogen-bond acceptors (Lipinski definition) is 4. The third-order valence-electron chi connectivity index (χ3n) is 5.42. The maximum atomic E-state index is 13.2. The normalized spacial score (nSPS) is 17.0. The van der Waals surface area contributed by atoms with Crippen LogP contribution in [0.5, 0.6) is 0 Å². The fourth-order valence-electron chi connectivity index (χ4n) is 3.74. The van der Waals surface area contributed by atoms with Crippen LogP contribution in [0.2, 0.25) is 5.02 Å². The molecule has 2 heterocycles. The molecule has 0 bridgehead atoms. The van der Waals surface area contributed by atoms with Gasteiger partial charge in [-0.05, 0) is 77.7 Å². The predicted molar refractivity (Wildman–Crippen MR) is 107 cm³/mol. The number of piperidine rings is 1. The minimum Gasteiger partial charge on any atom is -0.290 e. The second-order valence-corrected chi connectivity index (χ2v) is 7.93. The van der Waals surface area contributed by atoms with Crippen molar-refractivity contribution in [3.63, 3.8) is 0 Å². The molecule has 4 rings (SSSR count). The molecule has 146 valence electrons. The van der Waals surface area contributed by atoms with Gasteiger partial charge >= 0.3 is 0 Å². The molecule has 0 N–H and O–H groups in total. The molecule has 0 saturated carbocycles. The largest absolute Gasteiger partial charge is 0.290 e. The number of benzene rings is 2. The number of nitrogens with zero attached hydrogens (tertiary/aromatic N) is 5. The van der Waals surface area contributed by atoms with Crippen LogP contribution < -0.4 is 0 Å². The molecule has 1 atom stereocenters. The average molecular weight is 400 g/mol. The van der Waals surface area contributed by atoms with E-state index in [0.717, 1.165) is 48.8 Å². The van der Waals surface area contributed by atoms with Gasteiger partial charge in [-0.3, -0.25) is 4.90 Å². The van der Waals surface area contributed by atoms with Gasteiger partial charge in [0.1, 0.15) is 5.82 Å². The van der Waals surface area contributed by atoms with Crippen molar-refractivity contribution in [2.24, 2.45) is 5.92 Å². The van der Waals surface area contributed by atoms with Crippen LogP contribution >= 0.6 is 11.6 Å². The second-order valence-electron chi connectivity index (χ2n) is 7.49. The van der Waals surface area contributed by atoms with Gasteiger partial charge in [0.2, 0.25) is 0 Å². The van der Waals surface area contributed by atoms with Gasteiger partial charge in [-0.1, -0.05) is 42.8 Å². The molecule has 7 heteroatoms. The lowest BCUT2D eigenvalue weighted by molar-refractivity contribution is 0.150. The van der Waals surface area contributed by atoms with Crippen molar-refractivity contribution in [1.82, 2.24) is 25.1 Å². The minimum atomic E-state index is -0.248.